The van der Waals surface area contributed by atoms with Gasteiger partial charge >= 0.3 is 0 Å². The summed E-state index contributed by atoms with van der Waals surface area (Å²) in [5.41, 5.74) is 1.71. The number of fused-ring (bicyclic) bond motifs is 1. The van der Waals surface area contributed by atoms with E-state index in [1.54, 1.807) is 29.2 Å². The molecule has 2 heterocycles. The van der Waals surface area contributed by atoms with E-state index in [0.29, 0.717) is 49.8 Å². The second kappa shape index (κ2) is 8.23. The van der Waals surface area contributed by atoms with Gasteiger partial charge in [-0.25, -0.2) is 0 Å². The lowest BCUT2D eigenvalue weighted by Crippen LogP contribution is -2.50. The number of amides is 2. The summed E-state index contributed by atoms with van der Waals surface area (Å²) in [7, 11) is 0. The Balaban J connectivity index is 1.34. The van der Waals surface area contributed by atoms with Gasteiger partial charge < -0.3 is 14.5 Å². The molecule has 1 saturated heterocycles. The molecule has 4 rings (SSSR count). The summed E-state index contributed by atoms with van der Waals surface area (Å²) in [5, 5.41) is 0.552. The number of hydrogen-bond donors (Lipinski definition) is 0. The predicted molar refractivity (Wildman–Crippen MR) is 108 cm³/mol. The highest BCUT2D eigenvalue weighted by Crippen LogP contribution is 2.35. The number of para-hydroxylation sites is 1. The zero-order valence-corrected chi connectivity index (χ0v) is 16.4. The summed E-state index contributed by atoms with van der Waals surface area (Å²) in [6.07, 6.45) is 1.35. The summed E-state index contributed by atoms with van der Waals surface area (Å²) < 4.78 is 5.69. The van der Waals surface area contributed by atoms with Crippen molar-refractivity contribution >= 4 is 23.4 Å². The van der Waals surface area contributed by atoms with Gasteiger partial charge in [0.1, 0.15) is 5.75 Å². The van der Waals surface area contributed by atoms with E-state index in [0.717, 1.165) is 17.7 Å². The van der Waals surface area contributed by atoms with E-state index in [4.69, 9.17) is 16.3 Å². The molecule has 0 radical (unpaired) electrons. The number of carbonyl (C=O) groups is 2. The molecule has 1 unspecified atom stereocenters. The monoisotopic (exact) mass is 398 g/mol. The zero-order valence-electron chi connectivity index (χ0n) is 15.6. The molecule has 2 aliphatic rings. The van der Waals surface area contributed by atoms with Crippen molar-refractivity contribution in [3.63, 3.8) is 0 Å². The number of nitrogens with zero attached hydrogens (tertiary/aromatic N) is 2. The quantitative estimate of drug-likeness (QED) is 0.794. The molecule has 1 atom stereocenters. The first-order valence-electron chi connectivity index (χ1n) is 9.66. The van der Waals surface area contributed by atoms with Crippen molar-refractivity contribution < 1.29 is 14.3 Å². The van der Waals surface area contributed by atoms with Crippen LogP contribution < -0.4 is 4.74 Å². The molecular formula is C22H23ClN2O3. The van der Waals surface area contributed by atoms with Gasteiger partial charge in [0.05, 0.1) is 6.61 Å². The molecule has 6 heteroatoms. The van der Waals surface area contributed by atoms with Crippen LogP contribution in [0.1, 0.15) is 34.7 Å². The van der Waals surface area contributed by atoms with Crippen LogP contribution in [-0.2, 0) is 4.79 Å². The Labute approximate surface area is 169 Å². The van der Waals surface area contributed by atoms with Gasteiger partial charge in [-0.2, -0.15) is 0 Å². The van der Waals surface area contributed by atoms with Gasteiger partial charge in [0.2, 0.25) is 5.91 Å². The van der Waals surface area contributed by atoms with Crippen LogP contribution in [0.4, 0.5) is 0 Å². The van der Waals surface area contributed by atoms with Gasteiger partial charge in [0.25, 0.3) is 5.91 Å². The second-order valence-electron chi connectivity index (χ2n) is 7.26. The van der Waals surface area contributed by atoms with E-state index in [1.165, 1.54) is 0 Å². The Morgan fingerprint density at radius 1 is 1.00 bits per heavy atom. The maximum absolute atomic E-state index is 12.8. The Morgan fingerprint density at radius 2 is 1.75 bits per heavy atom. The van der Waals surface area contributed by atoms with E-state index in [1.807, 2.05) is 29.2 Å². The topological polar surface area (TPSA) is 49.9 Å². The van der Waals surface area contributed by atoms with Gasteiger partial charge in [-0.1, -0.05) is 35.9 Å². The van der Waals surface area contributed by atoms with Crippen LogP contribution in [0.15, 0.2) is 48.5 Å². The number of hydrogen-bond acceptors (Lipinski definition) is 3. The largest absolute Gasteiger partial charge is 0.493 e. The van der Waals surface area contributed by atoms with Crippen molar-refractivity contribution in [3.8, 4) is 5.75 Å². The molecule has 0 aliphatic carbocycles. The predicted octanol–water partition coefficient (Wildman–Crippen LogP) is 3.58. The van der Waals surface area contributed by atoms with Crippen LogP contribution in [0, 0.1) is 0 Å². The molecule has 146 valence electrons. The SMILES string of the molecule is O=C(CC1CCOc2ccccc21)N1CCN(C(=O)c2cccc(Cl)c2)CC1. The summed E-state index contributed by atoms with van der Waals surface area (Å²) >= 11 is 5.99. The van der Waals surface area contributed by atoms with Gasteiger partial charge in [-0.3, -0.25) is 9.59 Å². The van der Waals surface area contributed by atoms with Crippen molar-refractivity contribution in [2.75, 3.05) is 32.8 Å². The average molecular weight is 399 g/mol. The maximum Gasteiger partial charge on any atom is 0.254 e. The van der Waals surface area contributed by atoms with Crippen LogP contribution in [-0.4, -0.2) is 54.4 Å². The number of rotatable bonds is 3. The molecule has 0 N–H and O–H groups in total. The first kappa shape index (κ1) is 18.8. The molecule has 0 bridgehead atoms. The van der Waals surface area contributed by atoms with Crippen LogP contribution >= 0.6 is 11.6 Å². The number of halogens is 1. The van der Waals surface area contributed by atoms with E-state index < -0.39 is 0 Å². The van der Waals surface area contributed by atoms with Crippen molar-refractivity contribution in [1.82, 2.24) is 9.80 Å². The standard InChI is InChI=1S/C22H23ClN2O3/c23-18-5-3-4-17(14-18)22(27)25-11-9-24(10-12-25)21(26)15-16-8-13-28-20-7-2-1-6-19(16)20/h1-7,14,16H,8-13,15H2. The lowest BCUT2D eigenvalue weighted by atomic mass is 9.90. The van der Waals surface area contributed by atoms with E-state index in [9.17, 15) is 9.59 Å². The Morgan fingerprint density at radius 3 is 2.54 bits per heavy atom. The molecule has 0 spiro atoms. The summed E-state index contributed by atoms with van der Waals surface area (Å²) in [5.74, 6) is 1.21. The molecule has 28 heavy (non-hydrogen) atoms. The zero-order chi connectivity index (χ0) is 19.5. The lowest BCUT2D eigenvalue weighted by Gasteiger charge is -2.36. The molecule has 2 aromatic carbocycles. The third kappa shape index (κ3) is 3.99. The molecule has 2 aliphatic heterocycles. The second-order valence-corrected chi connectivity index (χ2v) is 7.70. The van der Waals surface area contributed by atoms with Crippen molar-refractivity contribution in [2.24, 2.45) is 0 Å². The van der Waals surface area contributed by atoms with E-state index >= 15 is 0 Å². The average Bonchev–Trinajstić information content (AvgIpc) is 2.73. The normalized spacial score (nSPS) is 19.0. The lowest BCUT2D eigenvalue weighted by molar-refractivity contribution is -0.133. The van der Waals surface area contributed by atoms with Crippen LogP contribution in [0.5, 0.6) is 5.75 Å². The number of ether oxygens (including phenoxy) is 1. The Hall–Kier alpha value is -2.53. The van der Waals surface area contributed by atoms with Gasteiger partial charge in [0, 0.05) is 43.2 Å². The summed E-state index contributed by atoms with van der Waals surface area (Å²) in [4.78, 5) is 29.1. The fourth-order valence-corrected chi connectivity index (χ4v) is 4.12. The fraction of sp³-hybridized carbons (Fsp3) is 0.364. The highest BCUT2D eigenvalue weighted by Gasteiger charge is 2.29. The smallest absolute Gasteiger partial charge is 0.254 e. The molecule has 2 aromatic rings. The van der Waals surface area contributed by atoms with E-state index in [-0.39, 0.29) is 17.7 Å². The Bertz CT molecular complexity index is 878. The van der Waals surface area contributed by atoms with Crippen LogP contribution in [0.2, 0.25) is 5.02 Å². The fourth-order valence-electron chi connectivity index (χ4n) is 3.93. The molecule has 0 aromatic heterocycles. The Kier molecular flexibility index (Phi) is 5.53. The highest BCUT2D eigenvalue weighted by molar-refractivity contribution is 6.30. The third-order valence-corrected chi connectivity index (χ3v) is 5.73. The minimum absolute atomic E-state index is 0.0343. The summed E-state index contributed by atoms with van der Waals surface area (Å²) in [6.45, 7) is 2.87. The molecule has 0 saturated carbocycles. The van der Waals surface area contributed by atoms with Crippen molar-refractivity contribution in [1.29, 1.82) is 0 Å². The molecular weight excluding hydrogens is 376 g/mol. The first-order chi connectivity index (χ1) is 13.6. The van der Waals surface area contributed by atoms with Gasteiger partial charge in [0.15, 0.2) is 0 Å². The minimum atomic E-state index is -0.0343. The van der Waals surface area contributed by atoms with Gasteiger partial charge in [-0.15, -0.1) is 0 Å². The minimum Gasteiger partial charge on any atom is -0.493 e. The number of carbonyl (C=O) groups excluding carboxylic acids is 2. The van der Waals surface area contributed by atoms with E-state index in [2.05, 4.69) is 0 Å². The molecule has 5 nitrogen and oxygen atoms in total. The van der Waals surface area contributed by atoms with Crippen molar-refractivity contribution in [3.05, 3.63) is 64.7 Å². The summed E-state index contributed by atoms with van der Waals surface area (Å²) in [6, 6.07) is 15.0. The number of benzene rings is 2. The molecule has 2 amide bonds. The number of piperazine rings is 1. The third-order valence-electron chi connectivity index (χ3n) is 5.49. The highest BCUT2D eigenvalue weighted by atomic mass is 35.5. The van der Waals surface area contributed by atoms with Crippen LogP contribution in [0.3, 0.4) is 0 Å². The van der Waals surface area contributed by atoms with Crippen LogP contribution in [0.25, 0.3) is 0 Å². The van der Waals surface area contributed by atoms with Crippen molar-refractivity contribution in [2.45, 2.75) is 18.8 Å². The first-order valence-corrected chi connectivity index (χ1v) is 10.0. The van der Waals surface area contributed by atoms with Gasteiger partial charge in [-0.05, 0) is 42.2 Å². The maximum atomic E-state index is 12.8. The molecule has 1 fully saturated rings.